The van der Waals surface area contributed by atoms with Crippen LogP contribution in [0.15, 0.2) is 24.3 Å². The minimum absolute atomic E-state index is 0.111. The van der Waals surface area contributed by atoms with Gasteiger partial charge in [-0.05, 0) is 44.0 Å². The predicted octanol–water partition coefficient (Wildman–Crippen LogP) is 1.71. The Hall–Kier alpha value is -1.17. The smallest absolute Gasteiger partial charge is 0.123 e. The number of rotatable bonds is 9. The molecule has 0 radical (unpaired) electrons. The van der Waals surface area contributed by atoms with E-state index in [1.54, 1.807) is 0 Å². The molecular weight excluding hydrogens is 261 g/mol. The van der Waals surface area contributed by atoms with Crippen molar-refractivity contribution in [1.82, 2.24) is 5.32 Å². The quantitative estimate of drug-likeness (QED) is 0.646. The Morgan fingerprint density at radius 2 is 2.00 bits per heavy atom. The molecule has 20 heavy (non-hydrogen) atoms. The van der Waals surface area contributed by atoms with Crippen LogP contribution in [-0.2, 0) is 0 Å². The second-order valence-corrected chi connectivity index (χ2v) is 5.19. The van der Waals surface area contributed by atoms with Gasteiger partial charge in [-0.1, -0.05) is 6.92 Å². The maximum atomic E-state index is 12.7. The molecule has 1 aromatic rings. The van der Waals surface area contributed by atoms with Crippen LogP contribution in [0, 0.1) is 5.82 Å². The van der Waals surface area contributed by atoms with Crippen molar-refractivity contribution in [3.63, 3.8) is 0 Å². The molecule has 0 saturated heterocycles. The molecule has 0 spiro atoms. The Bertz CT molecular complexity index is 385. The molecule has 0 bridgehead atoms. The van der Waals surface area contributed by atoms with Crippen molar-refractivity contribution in [3.05, 3.63) is 30.1 Å². The third kappa shape index (κ3) is 5.86. The van der Waals surface area contributed by atoms with Crippen LogP contribution in [0.1, 0.15) is 26.7 Å². The minimum Gasteiger partial charge on any atom is -0.491 e. The van der Waals surface area contributed by atoms with Crippen LogP contribution >= 0.6 is 0 Å². The molecule has 0 saturated carbocycles. The summed E-state index contributed by atoms with van der Waals surface area (Å²) in [7, 11) is 0. The van der Waals surface area contributed by atoms with Crippen molar-refractivity contribution >= 4 is 0 Å². The highest BCUT2D eigenvalue weighted by Crippen LogP contribution is 2.14. The zero-order valence-corrected chi connectivity index (χ0v) is 12.1. The van der Waals surface area contributed by atoms with E-state index in [0.717, 1.165) is 6.42 Å². The van der Waals surface area contributed by atoms with E-state index in [-0.39, 0.29) is 24.6 Å². The summed E-state index contributed by atoms with van der Waals surface area (Å²) in [6.07, 6.45) is 0.832. The van der Waals surface area contributed by atoms with Gasteiger partial charge in [0.1, 0.15) is 24.3 Å². The molecule has 5 heteroatoms. The molecule has 0 aromatic heterocycles. The Labute approximate surface area is 119 Å². The first-order chi connectivity index (χ1) is 9.49. The Balaban J connectivity index is 2.32. The van der Waals surface area contributed by atoms with Crippen molar-refractivity contribution < 1.29 is 19.3 Å². The van der Waals surface area contributed by atoms with Crippen molar-refractivity contribution in [2.24, 2.45) is 0 Å². The fraction of sp³-hybridized carbons (Fsp3) is 0.600. The molecule has 0 aliphatic rings. The van der Waals surface area contributed by atoms with E-state index >= 15 is 0 Å². The number of hydrogen-bond donors (Lipinski definition) is 3. The van der Waals surface area contributed by atoms with Gasteiger partial charge in [-0.2, -0.15) is 0 Å². The molecule has 1 rings (SSSR count). The fourth-order valence-corrected chi connectivity index (χ4v) is 1.78. The molecule has 0 amide bonds. The number of aliphatic hydroxyl groups excluding tert-OH is 2. The second-order valence-electron chi connectivity index (χ2n) is 5.19. The number of hydrogen-bond acceptors (Lipinski definition) is 4. The zero-order valence-electron chi connectivity index (χ0n) is 12.1. The first-order valence-electron chi connectivity index (χ1n) is 6.91. The first-order valence-corrected chi connectivity index (χ1v) is 6.91. The molecule has 2 unspecified atom stereocenters. The van der Waals surface area contributed by atoms with E-state index in [0.29, 0.717) is 18.7 Å². The minimum atomic E-state index is -0.662. The average molecular weight is 285 g/mol. The molecule has 3 N–H and O–H groups in total. The Kier molecular flexibility index (Phi) is 6.91. The van der Waals surface area contributed by atoms with Gasteiger partial charge in [-0.3, -0.25) is 0 Å². The molecule has 0 fully saturated rings. The van der Waals surface area contributed by atoms with E-state index in [1.807, 2.05) is 13.8 Å². The van der Waals surface area contributed by atoms with Gasteiger partial charge in [0.2, 0.25) is 0 Å². The maximum Gasteiger partial charge on any atom is 0.123 e. The topological polar surface area (TPSA) is 61.7 Å². The summed E-state index contributed by atoms with van der Waals surface area (Å²) in [6.45, 7) is 4.67. The largest absolute Gasteiger partial charge is 0.491 e. The number of benzene rings is 1. The Morgan fingerprint density at radius 3 is 2.55 bits per heavy atom. The van der Waals surface area contributed by atoms with Crippen LogP contribution in [0.4, 0.5) is 4.39 Å². The van der Waals surface area contributed by atoms with Crippen LogP contribution in [0.25, 0.3) is 0 Å². The van der Waals surface area contributed by atoms with Crippen LogP contribution < -0.4 is 10.1 Å². The SMILES string of the molecule is CCC(C)(CCO)NCC(O)COc1ccc(F)cc1. The third-order valence-electron chi connectivity index (χ3n) is 3.46. The number of halogens is 1. The van der Waals surface area contributed by atoms with E-state index in [9.17, 15) is 9.50 Å². The molecule has 4 nitrogen and oxygen atoms in total. The van der Waals surface area contributed by atoms with Gasteiger partial charge in [0, 0.05) is 18.7 Å². The summed E-state index contributed by atoms with van der Waals surface area (Å²) < 4.78 is 18.1. The lowest BCUT2D eigenvalue weighted by molar-refractivity contribution is 0.0934. The van der Waals surface area contributed by atoms with Gasteiger partial charge in [0.15, 0.2) is 0 Å². The summed E-state index contributed by atoms with van der Waals surface area (Å²) in [4.78, 5) is 0. The molecular formula is C15H24FNO3. The monoisotopic (exact) mass is 285 g/mol. The van der Waals surface area contributed by atoms with Gasteiger partial charge in [-0.25, -0.2) is 4.39 Å². The van der Waals surface area contributed by atoms with Gasteiger partial charge in [0.25, 0.3) is 0 Å². The third-order valence-corrected chi connectivity index (χ3v) is 3.46. The standard InChI is InChI=1S/C15H24FNO3/c1-3-15(2,8-9-18)17-10-13(19)11-20-14-6-4-12(16)5-7-14/h4-7,13,17-19H,3,8-11H2,1-2H3. The van der Waals surface area contributed by atoms with Gasteiger partial charge < -0.3 is 20.3 Å². The second kappa shape index (κ2) is 8.19. The maximum absolute atomic E-state index is 12.7. The van der Waals surface area contributed by atoms with E-state index in [4.69, 9.17) is 9.84 Å². The number of ether oxygens (including phenoxy) is 1. The highest BCUT2D eigenvalue weighted by Gasteiger charge is 2.21. The first kappa shape index (κ1) is 16.9. The van der Waals surface area contributed by atoms with Crippen LogP contribution in [0.2, 0.25) is 0 Å². The van der Waals surface area contributed by atoms with E-state index in [1.165, 1.54) is 24.3 Å². The molecule has 0 aliphatic heterocycles. The van der Waals surface area contributed by atoms with Crippen LogP contribution in [0.5, 0.6) is 5.75 Å². The zero-order chi connectivity index (χ0) is 15.0. The van der Waals surface area contributed by atoms with Crippen LogP contribution in [0.3, 0.4) is 0 Å². The summed E-state index contributed by atoms with van der Waals surface area (Å²) >= 11 is 0. The molecule has 2 atom stereocenters. The van der Waals surface area contributed by atoms with Gasteiger partial charge in [-0.15, -0.1) is 0 Å². The summed E-state index contributed by atoms with van der Waals surface area (Å²) in [6, 6.07) is 5.68. The van der Waals surface area contributed by atoms with Crippen LogP contribution in [-0.4, -0.2) is 41.6 Å². The fourth-order valence-electron chi connectivity index (χ4n) is 1.78. The summed E-state index contributed by atoms with van der Waals surface area (Å²) in [5.41, 5.74) is -0.189. The highest BCUT2D eigenvalue weighted by molar-refractivity contribution is 5.22. The van der Waals surface area contributed by atoms with Gasteiger partial charge in [0.05, 0.1) is 0 Å². The Morgan fingerprint density at radius 1 is 1.35 bits per heavy atom. The summed E-state index contributed by atoms with van der Waals surface area (Å²) in [5.74, 6) is 0.210. The normalized spacial score (nSPS) is 15.7. The highest BCUT2D eigenvalue weighted by atomic mass is 19.1. The van der Waals surface area contributed by atoms with Crippen molar-refractivity contribution in [2.75, 3.05) is 19.8 Å². The van der Waals surface area contributed by atoms with E-state index in [2.05, 4.69) is 5.32 Å². The predicted molar refractivity (Wildman–Crippen MR) is 76.3 cm³/mol. The number of aliphatic hydroxyl groups is 2. The summed E-state index contributed by atoms with van der Waals surface area (Å²) in [5, 5.41) is 22.1. The average Bonchev–Trinajstić information content (AvgIpc) is 2.45. The molecule has 114 valence electrons. The van der Waals surface area contributed by atoms with E-state index < -0.39 is 6.10 Å². The lowest BCUT2D eigenvalue weighted by Crippen LogP contribution is -2.47. The molecule has 0 heterocycles. The number of β-amino-alcohol motifs (C(OH)–C–C–N with tert-alkyl or cyclic N) is 1. The van der Waals surface area contributed by atoms with Crippen molar-refractivity contribution in [1.29, 1.82) is 0 Å². The molecule has 0 aliphatic carbocycles. The molecule has 1 aromatic carbocycles. The van der Waals surface area contributed by atoms with Crippen molar-refractivity contribution in [3.8, 4) is 5.75 Å². The number of nitrogens with one attached hydrogen (secondary N) is 1. The van der Waals surface area contributed by atoms with Gasteiger partial charge >= 0.3 is 0 Å². The lowest BCUT2D eigenvalue weighted by Gasteiger charge is -2.30. The lowest BCUT2D eigenvalue weighted by atomic mass is 9.95. The van der Waals surface area contributed by atoms with Crippen molar-refractivity contribution in [2.45, 2.75) is 38.3 Å².